The Bertz CT molecular complexity index is 1970. The quantitative estimate of drug-likeness (QED) is 0.0222. The van der Waals surface area contributed by atoms with Gasteiger partial charge in [-0.3, -0.25) is 37.3 Å². The number of rotatable bonds is 81. The molecule has 0 fully saturated rings. The summed E-state index contributed by atoms with van der Waals surface area (Å²) in [4.78, 5) is 73.1. The Labute approximate surface area is 626 Å². The summed E-state index contributed by atoms with van der Waals surface area (Å²) < 4.78 is 68.8. The molecule has 0 saturated heterocycles. The Balaban J connectivity index is 5.25. The number of hydrogen-bond acceptors (Lipinski definition) is 15. The first kappa shape index (κ1) is 100. The van der Waals surface area contributed by atoms with Crippen molar-refractivity contribution in [3.63, 3.8) is 0 Å². The van der Waals surface area contributed by atoms with Crippen LogP contribution < -0.4 is 0 Å². The molecule has 0 radical (unpaired) electrons. The SMILES string of the molecule is CCCCCCCCCCCCCCCCCCCCCCC(=O)O[C@H](COC(=O)CCCCCCCCCCCCCCC(C)C)COP(=O)(O)OC[C@@H](O)COP(=O)(O)OC[C@@H](COC(=O)CCCCCCCCCCCC(C)C)OC(=O)CCCCCCCCCCCCCCC(C)C. The van der Waals surface area contributed by atoms with Gasteiger partial charge in [-0.15, -0.1) is 0 Å². The molecular formula is C83H162O17P2. The van der Waals surface area contributed by atoms with E-state index in [0.29, 0.717) is 25.7 Å². The molecule has 2 unspecified atom stereocenters. The minimum atomic E-state index is -4.96. The van der Waals surface area contributed by atoms with Gasteiger partial charge in [-0.25, -0.2) is 9.13 Å². The molecule has 0 saturated carbocycles. The second-order valence-electron chi connectivity index (χ2n) is 31.3. The molecule has 0 aromatic heterocycles. The van der Waals surface area contributed by atoms with Crippen molar-refractivity contribution < 1.29 is 80.2 Å². The smallest absolute Gasteiger partial charge is 0.462 e. The number of phosphoric acid groups is 2. The van der Waals surface area contributed by atoms with Gasteiger partial charge in [-0.2, -0.15) is 0 Å². The lowest BCUT2D eigenvalue weighted by Crippen LogP contribution is -2.30. The van der Waals surface area contributed by atoms with Crippen LogP contribution in [0.15, 0.2) is 0 Å². The van der Waals surface area contributed by atoms with E-state index < -0.39 is 97.5 Å². The monoisotopic (exact) mass is 1490 g/mol. The maximum absolute atomic E-state index is 13.1. The molecule has 0 spiro atoms. The van der Waals surface area contributed by atoms with Gasteiger partial charge >= 0.3 is 39.5 Å². The zero-order valence-electron chi connectivity index (χ0n) is 67.1. The Kier molecular flexibility index (Phi) is 71.8. The zero-order chi connectivity index (χ0) is 75.1. The maximum Gasteiger partial charge on any atom is 0.472 e. The van der Waals surface area contributed by atoms with E-state index in [-0.39, 0.29) is 25.7 Å². The summed E-state index contributed by atoms with van der Waals surface area (Å²) in [5.74, 6) is 0.194. The highest BCUT2D eigenvalue weighted by atomic mass is 31.2. The molecule has 5 atom stereocenters. The van der Waals surface area contributed by atoms with Crippen LogP contribution in [0.1, 0.15) is 434 Å². The maximum atomic E-state index is 13.1. The topological polar surface area (TPSA) is 237 Å². The molecule has 3 N–H and O–H groups in total. The molecule has 0 amide bonds. The third-order valence-corrected chi connectivity index (χ3v) is 21.3. The largest absolute Gasteiger partial charge is 0.472 e. The van der Waals surface area contributed by atoms with E-state index in [1.165, 1.54) is 244 Å². The number of aliphatic hydroxyl groups is 1. The first-order valence-electron chi connectivity index (χ1n) is 42.8. The van der Waals surface area contributed by atoms with E-state index in [1.807, 2.05) is 0 Å². The van der Waals surface area contributed by atoms with Gasteiger partial charge < -0.3 is 33.8 Å². The molecule has 0 aromatic carbocycles. The summed E-state index contributed by atoms with van der Waals surface area (Å²) in [6.45, 7) is 12.0. The van der Waals surface area contributed by atoms with Crippen molar-refractivity contribution in [2.75, 3.05) is 39.6 Å². The van der Waals surface area contributed by atoms with Gasteiger partial charge in [0.2, 0.25) is 0 Å². The molecule has 0 rings (SSSR count). The Morgan fingerprint density at radius 3 is 0.667 bits per heavy atom. The van der Waals surface area contributed by atoms with Crippen LogP contribution in [0.4, 0.5) is 0 Å². The van der Waals surface area contributed by atoms with Crippen LogP contribution in [0.2, 0.25) is 0 Å². The minimum absolute atomic E-state index is 0.107. The summed E-state index contributed by atoms with van der Waals surface area (Å²) >= 11 is 0. The van der Waals surface area contributed by atoms with Crippen LogP contribution in [0.5, 0.6) is 0 Å². The van der Waals surface area contributed by atoms with Crippen LogP contribution in [0.25, 0.3) is 0 Å². The summed E-state index contributed by atoms with van der Waals surface area (Å²) in [5, 5.41) is 10.7. The third-order valence-electron chi connectivity index (χ3n) is 19.4. The molecule has 606 valence electrons. The standard InChI is InChI=1S/C83H162O17P2/c1-8-9-10-11-12-13-14-15-16-17-18-19-20-21-22-30-37-45-52-59-66-82(87)99-78(70-93-80(85)64-57-50-43-36-29-25-23-27-33-40-47-54-61-74(2)3)72-97-101(89,90)95-68-77(84)69-96-102(91,92)98-73-79(71-94-81(86)65-58-51-44-39-32-35-42-49-56-63-76(6)7)100-83(88)67-60-53-46-38-31-26-24-28-34-41-48-55-62-75(4)5/h74-79,84H,8-73H2,1-7H3,(H,89,90)(H,91,92)/t77-,78-,79-/m1/s1. The van der Waals surface area contributed by atoms with Crippen molar-refractivity contribution in [1.82, 2.24) is 0 Å². The molecule has 0 aliphatic carbocycles. The second kappa shape index (κ2) is 73.2. The lowest BCUT2D eigenvalue weighted by atomic mass is 10.0. The predicted octanol–water partition coefficient (Wildman–Crippen LogP) is 24.9. The molecule has 19 heteroatoms. The van der Waals surface area contributed by atoms with E-state index in [0.717, 1.165) is 108 Å². The van der Waals surface area contributed by atoms with Crippen molar-refractivity contribution in [2.24, 2.45) is 17.8 Å². The van der Waals surface area contributed by atoms with Crippen molar-refractivity contribution in [1.29, 1.82) is 0 Å². The van der Waals surface area contributed by atoms with Crippen molar-refractivity contribution >= 4 is 39.5 Å². The fraction of sp³-hybridized carbons (Fsp3) is 0.952. The number of unbranched alkanes of at least 4 members (excludes halogenated alkanes) is 49. The van der Waals surface area contributed by atoms with Crippen LogP contribution in [-0.4, -0.2) is 96.7 Å². The average molecular weight is 1490 g/mol. The highest BCUT2D eigenvalue weighted by Crippen LogP contribution is 2.45. The van der Waals surface area contributed by atoms with Gasteiger partial charge in [0.05, 0.1) is 26.4 Å². The van der Waals surface area contributed by atoms with E-state index in [2.05, 4.69) is 48.5 Å². The van der Waals surface area contributed by atoms with Crippen LogP contribution in [-0.2, 0) is 65.4 Å². The highest BCUT2D eigenvalue weighted by molar-refractivity contribution is 7.47. The molecule has 0 aliphatic heterocycles. The second-order valence-corrected chi connectivity index (χ2v) is 34.2. The number of esters is 4. The minimum Gasteiger partial charge on any atom is -0.462 e. The molecule has 0 aliphatic rings. The van der Waals surface area contributed by atoms with Crippen LogP contribution in [0, 0.1) is 17.8 Å². The van der Waals surface area contributed by atoms with Crippen molar-refractivity contribution in [3.05, 3.63) is 0 Å². The normalized spacial score (nSPS) is 13.9. The Hall–Kier alpha value is -1.94. The third kappa shape index (κ3) is 76.3. The van der Waals surface area contributed by atoms with Crippen LogP contribution >= 0.6 is 15.6 Å². The van der Waals surface area contributed by atoms with Crippen molar-refractivity contribution in [3.8, 4) is 0 Å². The van der Waals surface area contributed by atoms with Gasteiger partial charge in [-0.1, -0.05) is 382 Å². The molecular weight excluding hydrogens is 1330 g/mol. The fourth-order valence-corrected chi connectivity index (χ4v) is 14.4. The van der Waals surface area contributed by atoms with Gasteiger partial charge in [0.25, 0.3) is 0 Å². The summed E-state index contributed by atoms with van der Waals surface area (Å²) in [6.07, 6.45) is 62.4. The van der Waals surface area contributed by atoms with E-state index >= 15 is 0 Å². The highest BCUT2D eigenvalue weighted by Gasteiger charge is 2.30. The molecule has 0 aromatic rings. The van der Waals surface area contributed by atoms with Gasteiger partial charge in [0.1, 0.15) is 19.3 Å². The number of aliphatic hydroxyl groups excluding tert-OH is 1. The fourth-order valence-electron chi connectivity index (χ4n) is 12.8. The van der Waals surface area contributed by atoms with Gasteiger partial charge in [0, 0.05) is 25.7 Å². The molecule has 0 heterocycles. The zero-order valence-corrected chi connectivity index (χ0v) is 68.9. The van der Waals surface area contributed by atoms with E-state index in [4.69, 9.17) is 37.0 Å². The van der Waals surface area contributed by atoms with E-state index in [9.17, 15) is 43.2 Å². The first-order valence-corrected chi connectivity index (χ1v) is 45.8. The van der Waals surface area contributed by atoms with Crippen LogP contribution in [0.3, 0.4) is 0 Å². The lowest BCUT2D eigenvalue weighted by molar-refractivity contribution is -0.161. The summed E-state index contributed by atoms with van der Waals surface area (Å²) in [7, 11) is -9.93. The van der Waals surface area contributed by atoms with Gasteiger partial charge in [-0.05, 0) is 43.4 Å². The predicted molar refractivity (Wildman–Crippen MR) is 418 cm³/mol. The lowest BCUT2D eigenvalue weighted by Gasteiger charge is -2.21. The number of carbonyl (C=O) groups is 4. The molecule has 17 nitrogen and oxygen atoms in total. The molecule has 102 heavy (non-hydrogen) atoms. The number of phosphoric ester groups is 2. The Morgan fingerprint density at radius 1 is 0.265 bits per heavy atom. The molecule has 0 bridgehead atoms. The number of ether oxygens (including phenoxy) is 4. The average Bonchev–Trinajstić information content (AvgIpc) is 0.918. The first-order chi connectivity index (χ1) is 49.2. The van der Waals surface area contributed by atoms with Crippen molar-refractivity contribution in [2.45, 2.75) is 452 Å². The Morgan fingerprint density at radius 2 is 0.451 bits per heavy atom. The number of hydrogen-bond donors (Lipinski definition) is 3. The summed E-state index contributed by atoms with van der Waals surface area (Å²) in [5.41, 5.74) is 0. The number of carbonyl (C=O) groups excluding carboxylic acids is 4. The van der Waals surface area contributed by atoms with Gasteiger partial charge in [0.15, 0.2) is 12.2 Å². The summed E-state index contributed by atoms with van der Waals surface area (Å²) in [6, 6.07) is 0. The van der Waals surface area contributed by atoms with E-state index in [1.54, 1.807) is 0 Å².